The summed E-state index contributed by atoms with van der Waals surface area (Å²) in [7, 11) is 0. The van der Waals surface area contributed by atoms with Crippen LogP contribution in [0.1, 0.15) is 0 Å². The molecule has 4 heteroatoms. The molecule has 0 aromatic carbocycles. The Morgan fingerprint density at radius 2 is 2.00 bits per heavy atom. The van der Waals surface area contributed by atoms with Gasteiger partial charge in [-0.3, -0.25) is 0 Å². The Bertz CT molecular complexity index is 226. The number of hydrogen-bond acceptors (Lipinski definition) is 1. The van der Waals surface area contributed by atoms with Crippen molar-refractivity contribution >= 4 is 31.9 Å². The molecule has 0 saturated heterocycles. The van der Waals surface area contributed by atoms with Crippen molar-refractivity contribution in [1.82, 2.24) is 0 Å². The van der Waals surface area contributed by atoms with Crippen LogP contribution >= 0.6 is 31.9 Å². The number of rotatable bonds is 0. The quantitative estimate of drug-likeness (QED) is 0.512. The highest BCUT2D eigenvalue weighted by atomic mass is 79.9. The highest BCUT2D eigenvalue weighted by Crippen LogP contribution is 2.19. The Morgan fingerprint density at radius 3 is 2.44 bits per heavy atom. The molecule has 0 amide bonds. The number of halogens is 2. The van der Waals surface area contributed by atoms with E-state index in [0.717, 1.165) is 13.7 Å². The molecule has 0 N–H and O–H groups in total. The first-order valence-electron chi connectivity index (χ1n) is 2.24. The maximum Gasteiger partial charge on any atom is 0.195 e. The Balaban J connectivity index is 3.17. The Morgan fingerprint density at radius 1 is 1.33 bits per heavy atom. The largest absolute Gasteiger partial charge is 0.619 e. The number of hydrogen-bond donors (Lipinski definition) is 0. The summed E-state index contributed by atoms with van der Waals surface area (Å²) in [5.74, 6) is 0. The minimum atomic E-state index is 0.731. The lowest BCUT2D eigenvalue weighted by atomic mass is 10.5. The molecule has 9 heavy (non-hydrogen) atoms. The third-order valence-electron chi connectivity index (χ3n) is 0.837. The third-order valence-corrected chi connectivity index (χ3v) is 2.69. The fourth-order valence-electron chi connectivity index (χ4n) is 0.435. The van der Waals surface area contributed by atoms with E-state index in [0.29, 0.717) is 0 Å². The molecule has 1 rings (SSSR count). The fraction of sp³-hybridized carbons (Fsp3) is 0. The van der Waals surface area contributed by atoms with Crippen LogP contribution in [-0.4, -0.2) is 0 Å². The predicted molar refractivity (Wildman–Crippen MR) is 40.8 cm³/mol. The first-order valence-corrected chi connectivity index (χ1v) is 3.82. The standard InChI is InChI=1S/C5H3Br2NO/c6-4-1-2-8(9)3-5(4)7/h1-3H. The molecule has 2 nitrogen and oxygen atoms in total. The minimum absolute atomic E-state index is 0.731. The van der Waals surface area contributed by atoms with E-state index in [9.17, 15) is 5.21 Å². The molecule has 0 fully saturated rings. The molecule has 1 aromatic rings. The zero-order valence-corrected chi connectivity index (χ0v) is 7.52. The van der Waals surface area contributed by atoms with Gasteiger partial charge in [-0.25, -0.2) is 0 Å². The second-order valence-electron chi connectivity index (χ2n) is 1.50. The summed E-state index contributed by atoms with van der Waals surface area (Å²) in [5.41, 5.74) is 0. The van der Waals surface area contributed by atoms with Gasteiger partial charge in [0, 0.05) is 10.5 Å². The smallest absolute Gasteiger partial charge is 0.195 e. The van der Waals surface area contributed by atoms with Crippen LogP contribution in [0.15, 0.2) is 27.4 Å². The van der Waals surface area contributed by atoms with E-state index in [1.165, 1.54) is 12.4 Å². The van der Waals surface area contributed by atoms with Gasteiger partial charge in [0.15, 0.2) is 12.4 Å². The van der Waals surface area contributed by atoms with Crippen LogP contribution in [0.3, 0.4) is 0 Å². The van der Waals surface area contributed by atoms with Gasteiger partial charge >= 0.3 is 0 Å². The van der Waals surface area contributed by atoms with Crippen molar-refractivity contribution in [3.63, 3.8) is 0 Å². The average Bonchev–Trinajstić information content (AvgIpc) is 1.80. The van der Waals surface area contributed by atoms with Crippen molar-refractivity contribution in [3.05, 3.63) is 32.6 Å². The van der Waals surface area contributed by atoms with Gasteiger partial charge in [0.1, 0.15) is 0 Å². The van der Waals surface area contributed by atoms with Crippen LogP contribution in [-0.2, 0) is 0 Å². The fourth-order valence-corrected chi connectivity index (χ4v) is 0.989. The summed E-state index contributed by atoms with van der Waals surface area (Å²) in [4.78, 5) is 0. The second kappa shape index (κ2) is 2.66. The van der Waals surface area contributed by atoms with Gasteiger partial charge in [0.2, 0.25) is 0 Å². The topological polar surface area (TPSA) is 26.9 Å². The molecule has 48 valence electrons. The van der Waals surface area contributed by atoms with Crippen molar-refractivity contribution in [2.75, 3.05) is 0 Å². The summed E-state index contributed by atoms with van der Waals surface area (Å²) in [5, 5.41) is 10.5. The van der Waals surface area contributed by atoms with E-state index in [1.807, 2.05) is 0 Å². The van der Waals surface area contributed by atoms with Gasteiger partial charge in [-0.1, -0.05) is 0 Å². The van der Waals surface area contributed by atoms with E-state index in [2.05, 4.69) is 31.9 Å². The Labute approximate surface area is 69.3 Å². The normalized spacial score (nSPS) is 9.56. The van der Waals surface area contributed by atoms with Crippen LogP contribution in [0.4, 0.5) is 0 Å². The van der Waals surface area contributed by atoms with E-state index in [4.69, 9.17) is 0 Å². The lowest BCUT2D eigenvalue weighted by molar-refractivity contribution is -0.606. The Kier molecular flexibility index (Phi) is 2.08. The van der Waals surface area contributed by atoms with E-state index in [1.54, 1.807) is 6.07 Å². The second-order valence-corrected chi connectivity index (χ2v) is 3.21. The van der Waals surface area contributed by atoms with Crippen molar-refractivity contribution in [2.45, 2.75) is 0 Å². The van der Waals surface area contributed by atoms with Crippen molar-refractivity contribution in [1.29, 1.82) is 0 Å². The van der Waals surface area contributed by atoms with Gasteiger partial charge in [-0.05, 0) is 31.9 Å². The summed E-state index contributed by atoms with van der Waals surface area (Å²) >= 11 is 6.41. The van der Waals surface area contributed by atoms with Crippen LogP contribution in [0.25, 0.3) is 0 Å². The molecular formula is C5H3Br2NO. The molecule has 0 spiro atoms. The van der Waals surface area contributed by atoms with E-state index < -0.39 is 0 Å². The maximum absolute atomic E-state index is 10.5. The SMILES string of the molecule is [O-][n+]1ccc(Br)c(Br)c1. The number of pyridine rings is 1. The van der Waals surface area contributed by atoms with Gasteiger partial charge < -0.3 is 5.21 Å². The molecule has 0 saturated carbocycles. The summed E-state index contributed by atoms with van der Waals surface area (Å²) in [6, 6.07) is 1.68. The number of nitrogens with zero attached hydrogens (tertiary/aromatic N) is 1. The number of aromatic nitrogens is 1. The molecule has 0 atom stereocenters. The van der Waals surface area contributed by atoms with Gasteiger partial charge in [-0.15, -0.1) is 0 Å². The molecular weight excluding hydrogens is 250 g/mol. The first kappa shape index (κ1) is 7.02. The summed E-state index contributed by atoms with van der Waals surface area (Å²) < 4.78 is 2.38. The third kappa shape index (κ3) is 1.66. The van der Waals surface area contributed by atoms with Crippen molar-refractivity contribution < 1.29 is 4.73 Å². The molecule has 0 aliphatic rings. The summed E-state index contributed by atoms with van der Waals surface area (Å²) in [6.45, 7) is 0. The van der Waals surface area contributed by atoms with Crippen LogP contribution in [0.2, 0.25) is 0 Å². The predicted octanol–water partition coefficient (Wildman–Crippen LogP) is 1.84. The van der Waals surface area contributed by atoms with E-state index in [-0.39, 0.29) is 0 Å². The summed E-state index contributed by atoms with van der Waals surface area (Å²) in [6.07, 6.45) is 2.86. The highest BCUT2D eigenvalue weighted by molar-refractivity contribution is 9.13. The molecule has 0 aliphatic carbocycles. The average molecular weight is 253 g/mol. The van der Waals surface area contributed by atoms with Gasteiger partial charge in [0.25, 0.3) is 0 Å². The zero-order valence-electron chi connectivity index (χ0n) is 4.34. The lowest BCUT2D eigenvalue weighted by Crippen LogP contribution is -2.23. The van der Waals surface area contributed by atoms with Gasteiger partial charge in [-0.2, -0.15) is 4.73 Å². The van der Waals surface area contributed by atoms with Gasteiger partial charge in [0.05, 0.1) is 4.47 Å². The maximum atomic E-state index is 10.5. The van der Waals surface area contributed by atoms with E-state index >= 15 is 0 Å². The van der Waals surface area contributed by atoms with Crippen LogP contribution in [0.5, 0.6) is 0 Å². The molecule has 1 aromatic heterocycles. The minimum Gasteiger partial charge on any atom is -0.619 e. The van der Waals surface area contributed by atoms with Crippen molar-refractivity contribution in [3.8, 4) is 0 Å². The molecule has 0 aliphatic heterocycles. The molecule has 0 bridgehead atoms. The zero-order chi connectivity index (χ0) is 6.85. The Hall–Kier alpha value is -0.0900. The molecule has 1 heterocycles. The molecule has 0 radical (unpaired) electrons. The highest BCUT2D eigenvalue weighted by Gasteiger charge is 1.97. The lowest BCUT2D eigenvalue weighted by Gasteiger charge is -1.95. The van der Waals surface area contributed by atoms with Crippen LogP contribution in [0, 0.1) is 5.21 Å². The first-order chi connectivity index (χ1) is 4.20. The monoisotopic (exact) mass is 251 g/mol. The van der Waals surface area contributed by atoms with Crippen molar-refractivity contribution in [2.24, 2.45) is 0 Å². The van der Waals surface area contributed by atoms with Crippen LogP contribution < -0.4 is 4.73 Å². The molecule has 0 unspecified atom stereocenters.